The number of benzene rings is 6. The molecule has 9 rings (SSSR count). The van der Waals surface area contributed by atoms with E-state index < -0.39 is 0 Å². The highest BCUT2D eigenvalue weighted by Crippen LogP contribution is 2.45. The van der Waals surface area contributed by atoms with Crippen LogP contribution in [0.25, 0.3) is 64.0 Å². The first kappa shape index (κ1) is 24.2. The van der Waals surface area contributed by atoms with Crippen LogP contribution in [0.2, 0.25) is 0 Å². The smallest absolute Gasteiger partial charge is 0.155 e. The Balaban J connectivity index is 1.28. The molecule has 3 nitrogen and oxygen atoms in total. The van der Waals surface area contributed by atoms with Gasteiger partial charge < -0.3 is 4.42 Å². The minimum atomic E-state index is 0.861. The number of rotatable bonds is 4. The quantitative estimate of drug-likeness (QED) is 0.211. The van der Waals surface area contributed by atoms with Crippen molar-refractivity contribution >= 4 is 81.4 Å². The number of hydrogen-bond acceptors (Lipinski definition) is 4. The summed E-state index contributed by atoms with van der Waals surface area (Å²) in [6, 6.07) is 49.3. The predicted molar refractivity (Wildman–Crippen MR) is 182 cm³/mol. The molecule has 0 aliphatic rings. The topological polar surface area (TPSA) is 29.3 Å². The van der Waals surface area contributed by atoms with Gasteiger partial charge in [-0.15, -0.1) is 11.3 Å². The van der Waals surface area contributed by atoms with Crippen molar-refractivity contribution in [3.05, 3.63) is 146 Å². The first-order valence-corrected chi connectivity index (χ1v) is 15.2. The van der Waals surface area contributed by atoms with Crippen molar-refractivity contribution in [3.8, 4) is 11.1 Å². The van der Waals surface area contributed by atoms with Crippen molar-refractivity contribution in [2.45, 2.75) is 0 Å². The number of anilines is 3. The maximum atomic E-state index is 6.33. The third kappa shape index (κ3) is 3.92. The number of para-hydroxylation sites is 1. The summed E-state index contributed by atoms with van der Waals surface area (Å²) < 4.78 is 8.74. The van der Waals surface area contributed by atoms with E-state index in [9.17, 15) is 0 Å². The van der Waals surface area contributed by atoms with Crippen LogP contribution in [-0.4, -0.2) is 4.98 Å². The van der Waals surface area contributed by atoms with Crippen LogP contribution in [0.1, 0.15) is 0 Å². The van der Waals surface area contributed by atoms with Crippen LogP contribution in [-0.2, 0) is 0 Å². The lowest BCUT2D eigenvalue weighted by atomic mass is 10.0. The molecule has 0 saturated heterocycles. The number of fused-ring (bicyclic) bond motifs is 7. The largest absolute Gasteiger partial charge is 0.456 e. The molecule has 6 aromatic carbocycles. The SMILES string of the molecule is c1ccc(-c2ccc(N(c3ccc4c(c3)oc3ccccc34)c3nccc4c3sc3cc5ccccc5cc34)cc2)cc1. The van der Waals surface area contributed by atoms with Crippen molar-refractivity contribution in [1.29, 1.82) is 0 Å². The molecule has 4 heteroatoms. The van der Waals surface area contributed by atoms with E-state index in [0.717, 1.165) is 43.8 Å². The number of nitrogens with zero attached hydrogens (tertiary/aromatic N) is 2. The molecule has 0 atom stereocenters. The zero-order valence-corrected chi connectivity index (χ0v) is 23.9. The van der Waals surface area contributed by atoms with Crippen molar-refractivity contribution < 1.29 is 4.42 Å². The Morgan fingerprint density at radius 3 is 2.07 bits per heavy atom. The molecule has 202 valence electrons. The molecule has 0 bridgehead atoms. The summed E-state index contributed by atoms with van der Waals surface area (Å²) in [5.74, 6) is 0.908. The maximum Gasteiger partial charge on any atom is 0.155 e. The van der Waals surface area contributed by atoms with Gasteiger partial charge in [0.15, 0.2) is 5.82 Å². The van der Waals surface area contributed by atoms with E-state index in [2.05, 4.69) is 126 Å². The summed E-state index contributed by atoms with van der Waals surface area (Å²) in [4.78, 5) is 7.30. The lowest BCUT2D eigenvalue weighted by molar-refractivity contribution is 0.669. The second kappa shape index (κ2) is 9.55. The molecule has 0 aliphatic heterocycles. The number of hydrogen-bond donors (Lipinski definition) is 0. The molecular weight excluding hydrogens is 545 g/mol. The first-order valence-electron chi connectivity index (χ1n) is 14.4. The number of pyridine rings is 1. The van der Waals surface area contributed by atoms with Crippen LogP contribution in [0.4, 0.5) is 17.2 Å². The van der Waals surface area contributed by atoms with E-state index in [1.807, 2.05) is 24.4 Å². The third-order valence-corrected chi connectivity index (χ3v) is 9.47. The Hall–Kier alpha value is -5.45. The maximum absolute atomic E-state index is 6.33. The molecule has 0 fully saturated rings. The molecule has 0 aliphatic carbocycles. The summed E-state index contributed by atoms with van der Waals surface area (Å²) in [5, 5.41) is 7.20. The van der Waals surface area contributed by atoms with Crippen molar-refractivity contribution in [3.63, 3.8) is 0 Å². The molecule has 3 aromatic heterocycles. The average molecular weight is 569 g/mol. The Labute approximate surface area is 251 Å². The fraction of sp³-hybridized carbons (Fsp3) is 0. The van der Waals surface area contributed by atoms with Gasteiger partial charge in [0, 0.05) is 44.2 Å². The fourth-order valence-corrected chi connectivity index (χ4v) is 7.42. The van der Waals surface area contributed by atoms with E-state index in [-0.39, 0.29) is 0 Å². The molecule has 0 N–H and O–H groups in total. The molecule has 0 saturated carbocycles. The van der Waals surface area contributed by atoms with Gasteiger partial charge in [-0.1, -0.05) is 84.9 Å². The zero-order valence-electron chi connectivity index (χ0n) is 23.1. The second-order valence-electron chi connectivity index (χ2n) is 10.8. The van der Waals surface area contributed by atoms with Gasteiger partial charge in [-0.25, -0.2) is 4.98 Å². The van der Waals surface area contributed by atoms with Gasteiger partial charge in [-0.2, -0.15) is 0 Å². The average Bonchev–Trinajstić information content (AvgIpc) is 3.62. The van der Waals surface area contributed by atoms with Crippen LogP contribution in [0, 0.1) is 0 Å². The lowest BCUT2D eigenvalue weighted by Gasteiger charge is -2.25. The van der Waals surface area contributed by atoms with Gasteiger partial charge in [-0.05, 0) is 70.4 Å². The van der Waals surface area contributed by atoms with E-state index in [1.165, 1.54) is 37.4 Å². The standard InChI is InChI=1S/C39H24N2OS/c1-2-8-25(9-3-1)26-14-16-29(17-15-26)41(30-18-19-32-31-12-6-7-13-35(31)42-36(32)24-30)39-38-33(20-21-40-39)34-22-27-10-4-5-11-28(27)23-37(34)43-38/h1-24H. The fourth-order valence-electron chi connectivity index (χ4n) is 6.21. The summed E-state index contributed by atoms with van der Waals surface area (Å²) >= 11 is 1.80. The Morgan fingerprint density at radius 2 is 1.21 bits per heavy atom. The van der Waals surface area contributed by atoms with E-state index in [4.69, 9.17) is 9.40 Å². The number of aromatic nitrogens is 1. The minimum Gasteiger partial charge on any atom is -0.456 e. The molecule has 0 spiro atoms. The monoisotopic (exact) mass is 568 g/mol. The molecule has 0 radical (unpaired) electrons. The molecule has 3 heterocycles. The van der Waals surface area contributed by atoms with Gasteiger partial charge in [0.05, 0.1) is 10.4 Å². The molecule has 0 amide bonds. The number of furan rings is 1. The molecule has 43 heavy (non-hydrogen) atoms. The van der Waals surface area contributed by atoms with Gasteiger partial charge in [0.2, 0.25) is 0 Å². The molecular formula is C39H24N2OS. The van der Waals surface area contributed by atoms with Crippen molar-refractivity contribution in [1.82, 2.24) is 4.98 Å². The summed E-state index contributed by atoms with van der Waals surface area (Å²) in [5.41, 5.74) is 6.17. The summed E-state index contributed by atoms with van der Waals surface area (Å²) in [6.45, 7) is 0. The molecule has 9 aromatic rings. The van der Waals surface area contributed by atoms with Crippen LogP contribution in [0.3, 0.4) is 0 Å². The highest BCUT2D eigenvalue weighted by Gasteiger charge is 2.21. The molecule has 0 unspecified atom stereocenters. The van der Waals surface area contributed by atoms with Crippen molar-refractivity contribution in [2.24, 2.45) is 0 Å². The predicted octanol–water partition coefficient (Wildman–Crippen LogP) is 11.6. The van der Waals surface area contributed by atoms with E-state index in [0.29, 0.717) is 0 Å². The van der Waals surface area contributed by atoms with Gasteiger partial charge in [0.1, 0.15) is 11.2 Å². The number of thiophene rings is 1. The van der Waals surface area contributed by atoms with Crippen LogP contribution in [0.15, 0.2) is 150 Å². The minimum absolute atomic E-state index is 0.861. The Bertz CT molecular complexity index is 2460. The lowest BCUT2D eigenvalue weighted by Crippen LogP contribution is -2.11. The highest BCUT2D eigenvalue weighted by atomic mass is 32.1. The van der Waals surface area contributed by atoms with E-state index >= 15 is 0 Å². The van der Waals surface area contributed by atoms with Gasteiger partial charge in [0.25, 0.3) is 0 Å². The zero-order chi connectivity index (χ0) is 28.3. The second-order valence-corrected chi connectivity index (χ2v) is 11.9. The van der Waals surface area contributed by atoms with Crippen molar-refractivity contribution in [2.75, 3.05) is 4.90 Å². The Kier molecular flexibility index (Phi) is 5.37. The van der Waals surface area contributed by atoms with Crippen LogP contribution >= 0.6 is 11.3 Å². The normalized spacial score (nSPS) is 11.7. The van der Waals surface area contributed by atoms with Crippen LogP contribution in [0.5, 0.6) is 0 Å². The highest BCUT2D eigenvalue weighted by molar-refractivity contribution is 7.26. The van der Waals surface area contributed by atoms with E-state index in [1.54, 1.807) is 11.3 Å². The summed E-state index contributed by atoms with van der Waals surface area (Å²) in [6.07, 6.45) is 1.93. The van der Waals surface area contributed by atoms with Gasteiger partial charge in [-0.3, -0.25) is 4.90 Å². The third-order valence-electron chi connectivity index (χ3n) is 8.30. The first-order chi connectivity index (χ1) is 21.3. The van der Waals surface area contributed by atoms with Gasteiger partial charge >= 0.3 is 0 Å². The summed E-state index contributed by atoms with van der Waals surface area (Å²) in [7, 11) is 0. The van der Waals surface area contributed by atoms with Crippen LogP contribution < -0.4 is 4.90 Å². The Morgan fingerprint density at radius 1 is 0.512 bits per heavy atom.